The molecule has 0 aromatic heterocycles. The summed E-state index contributed by atoms with van der Waals surface area (Å²) in [7, 11) is 7.70. The predicted molar refractivity (Wildman–Crippen MR) is 129 cm³/mol. The quantitative estimate of drug-likeness (QED) is 0.393. The molecule has 0 aliphatic heterocycles. The number of hydrogen-bond donors (Lipinski definition) is 4. The van der Waals surface area contributed by atoms with Gasteiger partial charge in [-0.1, -0.05) is 13.8 Å². The normalized spacial score (nSPS) is 8.58. The van der Waals surface area contributed by atoms with Gasteiger partial charge < -0.3 is 30.3 Å². The molecule has 0 aliphatic carbocycles. The molecule has 0 radical (unpaired) electrons. The zero-order valence-corrected chi connectivity index (χ0v) is 22.8. The van der Waals surface area contributed by atoms with Crippen molar-refractivity contribution in [3.05, 3.63) is 0 Å². The Morgan fingerprint density at radius 1 is 0.788 bits per heavy atom. The van der Waals surface area contributed by atoms with Crippen LogP contribution in [0.3, 0.4) is 0 Å². The Morgan fingerprint density at radius 3 is 1.30 bits per heavy atom. The Morgan fingerprint density at radius 2 is 1.27 bits per heavy atom. The first kappa shape index (κ1) is 40.7. The summed E-state index contributed by atoms with van der Waals surface area (Å²) in [4.78, 5) is 42.0. The fourth-order valence-electron chi connectivity index (χ4n) is 0.902. The first-order chi connectivity index (χ1) is 15.3. The smallest absolute Gasteiger partial charge is 0.406 e. The lowest BCUT2D eigenvalue weighted by Crippen LogP contribution is -2.34. The fraction of sp³-hybridized carbons (Fsp3) is 0.789. The second-order valence-electron chi connectivity index (χ2n) is 5.37. The number of methoxy groups -OCH3 is 2. The molecule has 14 heteroatoms. The minimum absolute atomic E-state index is 0.0347. The molecule has 0 fully saturated rings. The molecule has 0 saturated carbocycles. The number of alkyl carbamates (subject to hydrolysis) is 1. The van der Waals surface area contributed by atoms with Crippen LogP contribution < -0.4 is 20.7 Å². The number of nitrogens with zero attached hydrogens (tertiary/aromatic N) is 1. The molecule has 0 bridgehead atoms. The van der Waals surface area contributed by atoms with Gasteiger partial charge >= 0.3 is 18.1 Å². The van der Waals surface area contributed by atoms with Gasteiger partial charge in [-0.15, -0.1) is 0 Å². The lowest BCUT2D eigenvalue weighted by Gasteiger charge is -2.12. The van der Waals surface area contributed by atoms with Gasteiger partial charge in [0.25, 0.3) is 0 Å². The summed E-state index contributed by atoms with van der Waals surface area (Å²) in [6.45, 7) is 7.84. The van der Waals surface area contributed by atoms with Gasteiger partial charge in [0.15, 0.2) is 0 Å². The van der Waals surface area contributed by atoms with E-state index >= 15 is 0 Å². The van der Waals surface area contributed by atoms with Crippen LogP contribution in [0.25, 0.3) is 0 Å². The van der Waals surface area contributed by atoms with Gasteiger partial charge in [-0.05, 0) is 20.9 Å². The van der Waals surface area contributed by atoms with Gasteiger partial charge in [0.2, 0.25) is 15.9 Å². The van der Waals surface area contributed by atoms with Crippen LogP contribution in [-0.4, -0.2) is 99.1 Å². The van der Waals surface area contributed by atoms with Crippen LogP contribution in [0.1, 0.15) is 40.5 Å². The number of carbonyl (C=O) groups is 4. The van der Waals surface area contributed by atoms with Crippen LogP contribution in [0.2, 0.25) is 0 Å². The topological polar surface area (TPSA) is 172 Å². The highest BCUT2D eigenvalue weighted by molar-refractivity contribution is 7.89. The molecule has 0 heterocycles. The summed E-state index contributed by atoms with van der Waals surface area (Å²) < 4.78 is 31.1. The van der Waals surface area contributed by atoms with Gasteiger partial charge in [0, 0.05) is 47.6 Å². The van der Waals surface area contributed by atoms with E-state index in [0.29, 0.717) is 12.8 Å². The third-order valence-electron chi connectivity index (χ3n) is 3.23. The highest BCUT2D eigenvalue weighted by Crippen LogP contribution is 1.78. The third kappa shape index (κ3) is 40.3. The molecule has 4 N–H and O–H groups in total. The zero-order chi connectivity index (χ0) is 27.5. The Labute approximate surface area is 199 Å². The van der Waals surface area contributed by atoms with E-state index in [1.54, 1.807) is 39.9 Å². The molecule has 0 atom stereocenters. The summed E-state index contributed by atoms with van der Waals surface area (Å²) >= 11 is 0. The Kier molecular flexibility index (Phi) is 36.3. The Balaban J connectivity index is -0.0000000995. The van der Waals surface area contributed by atoms with Crippen molar-refractivity contribution in [2.75, 3.05) is 61.8 Å². The van der Waals surface area contributed by atoms with Crippen molar-refractivity contribution in [3.8, 4) is 0 Å². The van der Waals surface area contributed by atoms with Crippen molar-refractivity contribution in [3.63, 3.8) is 0 Å². The second kappa shape index (κ2) is 29.4. The highest BCUT2D eigenvalue weighted by Gasteiger charge is 1.99. The molecule has 200 valence electrons. The van der Waals surface area contributed by atoms with Crippen LogP contribution >= 0.6 is 0 Å². The van der Waals surface area contributed by atoms with Crippen molar-refractivity contribution in [1.82, 2.24) is 25.6 Å². The molecule has 0 aliphatic rings. The average Bonchev–Trinajstić information content (AvgIpc) is 2.87. The Hall–Kier alpha value is -2.61. The lowest BCUT2D eigenvalue weighted by molar-refractivity contribution is -0.140. The predicted octanol–water partition coefficient (Wildman–Crippen LogP) is 0.517. The van der Waals surface area contributed by atoms with Crippen molar-refractivity contribution in [2.45, 2.75) is 40.5 Å². The highest BCUT2D eigenvalue weighted by atomic mass is 32.2. The number of urea groups is 1. The Bertz CT molecular complexity index is 535. The van der Waals surface area contributed by atoms with Crippen molar-refractivity contribution >= 4 is 34.0 Å². The maximum absolute atomic E-state index is 10.6. The van der Waals surface area contributed by atoms with E-state index in [1.807, 2.05) is 13.8 Å². The van der Waals surface area contributed by atoms with Crippen LogP contribution in [0.4, 0.5) is 9.59 Å². The van der Waals surface area contributed by atoms with E-state index in [1.165, 1.54) is 28.3 Å². The lowest BCUT2D eigenvalue weighted by atomic mass is 10.5. The van der Waals surface area contributed by atoms with Crippen molar-refractivity contribution in [1.29, 1.82) is 0 Å². The molecule has 0 spiro atoms. The first-order valence-electron chi connectivity index (χ1n) is 10.1. The molecule has 0 rings (SSSR count). The summed E-state index contributed by atoms with van der Waals surface area (Å²) in [6.07, 6.45) is 0.641. The fourth-order valence-corrected chi connectivity index (χ4v) is 1.19. The average molecular weight is 504 g/mol. The maximum atomic E-state index is 10.6. The number of sulfonamides is 1. The number of hydrogen-bond acceptors (Lipinski definition) is 8. The number of nitrogens with one attached hydrogen (secondary N) is 4. The standard InChI is InChI=1S/C5H12N2O.C4H9NO.C4H8O2.C3H9NO2S.C3H7NO2/c1-4-7(3)5(8)6-2;1-3-4(6)5-2;1-3-4(5)6-2;1-3-7(5,6)4-2;1-4-3(5)6-2/h4H2,1-3H3,(H,6,8);3H2,1-2H3,(H,5,6);3H2,1-2H3;4H,3H2,1-2H3;1-2H3,(H,4,5). The van der Waals surface area contributed by atoms with E-state index in [4.69, 9.17) is 0 Å². The van der Waals surface area contributed by atoms with Gasteiger partial charge in [-0.2, -0.15) is 0 Å². The van der Waals surface area contributed by atoms with Crippen molar-refractivity contribution < 1.29 is 37.1 Å². The van der Waals surface area contributed by atoms with Crippen molar-refractivity contribution in [2.24, 2.45) is 0 Å². The summed E-state index contributed by atoms with van der Waals surface area (Å²) in [5.74, 6) is 0.0914. The summed E-state index contributed by atoms with van der Waals surface area (Å²) in [5.41, 5.74) is 0. The summed E-state index contributed by atoms with van der Waals surface area (Å²) in [6, 6.07) is -0.0347. The van der Waals surface area contributed by atoms with Crippen LogP contribution in [0, 0.1) is 0 Å². The van der Waals surface area contributed by atoms with Crippen LogP contribution in [0.5, 0.6) is 0 Å². The van der Waals surface area contributed by atoms with Crippen LogP contribution in [0.15, 0.2) is 0 Å². The van der Waals surface area contributed by atoms with E-state index in [9.17, 15) is 27.6 Å². The van der Waals surface area contributed by atoms with Crippen LogP contribution in [-0.2, 0) is 29.1 Å². The van der Waals surface area contributed by atoms with E-state index < -0.39 is 16.1 Å². The van der Waals surface area contributed by atoms with E-state index in [2.05, 4.69) is 30.1 Å². The number of amides is 4. The zero-order valence-electron chi connectivity index (χ0n) is 21.9. The minimum Gasteiger partial charge on any atom is -0.469 e. The number of rotatable bonds is 5. The number of carbonyl (C=O) groups excluding carboxylic acids is 4. The summed E-state index contributed by atoms with van der Waals surface area (Å²) in [5, 5.41) is 7.23. The maximum Gasteiger partial charge on any atom is 0.406 e. The SMILES string of the molecule is CCC(=O)NC.CCC(=O)OC.CCN(C)C(=O)NC.CCS(=O)(=O)NC.CNC(=O)OC. The van der Waals surface area contributed by atoms with Gasteiger partial charge in [0.05, 0.1) is 20.0 Å². The van der Waals surface area contributed by atoms with Gasteiger partial charge in [-0.3, -0.25) is 9.59 Å². The van der Waals surface area contributed by atoms with E-state index in [-0.39, 0.29) is 23.7 Å². The molecule has 0 aromatic carbocycles. The first-order valence-corrected chi connectivity index (χ1v) is 11.8. The number of esters is 1. The molecule has 0 unspecified atom stereocenters. The molecular weight excluding hydrogens is 458 g/mol. The molecule has 13 nitrogen and oxygen atoms in total. The molecular formula is C19H45N5O8S. The number of ether oxygens (including phenoxy) is 2. The molecule has 4 amide bonds. The third-order valence-corrected chi connectivity index (χ3v) is 4.61. The van der Waals surface area contributed by atoms with Gasteiger partial charge in [-0.25, -0.2) is 22.7 Å². The molecule has 33 heavy (non-hydrogen) atoms. The largest absolute Gasteiger partial charge is 0.469 e. The van der Waals surface area contributed by atoms with Gasteiger partial charge in [0.1, 0.15) is 0 Å². The minimum atomic E-state index is -2.91. The van der Waals surface area contributed by atoms with E-state index in [0.717, 1.165) is 6.54 Å². The monoisotopic (exact) mass is 503 g/mol. The second-order valence-corrected chi connectivity index (χ2v) is 7.59. The molecule has 0 aromatic rings. The molecule has 0 saturated heterocycles.